The van der Waals surface area contributed by atoms with Crippen LogP contribution in [-0.4, -0.2) is 15.0 Å². The van der Waals surface area contributed by atoms with Crippen LogP contribution in [0.3, 0.4) is 0 Å². The average molecular weight is 185 g/mol. The minimum Gasteiger partial charge on any atom is -0.225 e. The zero-order valence-electron chi connectivity index (χ0n) is 7.96. The highest BCUT2D eigenvalue weighted by atomic mass is 15.0. The third-order valence-electron chi connectivity index (χ3n) is 2.20. The van der Waals surface area contributed by atoms with E-state index in [0.29, 0.717) is 0 Å². The maximum absolute atomic E-state index is 4.13. The minimum absolute atomic E-state index is 0.221. The molecule has 0 unspecified atom stereocenters. The van der Waals surface area contributed by atoms with Crippen LogP contribution in [0.2, 0.25) is 0 Å². The van der Waals surface area contributed by atoms with Gasteiger partial charge in [-0.2, -0.15) is 0 Å². The molecule has 1 aromatic carbocycles. The summed E-state index contributed by atoms with van der Waals surface area (Å²) in [6, 6.07) is 10.2. The number of benzene rings is 1. The monoisotopic (exact) mass is 185 g/mol. The Morgan fingerprint density at radius 3 is 2.29 bits per heavy atom. The van der Waals surface area contributed by atoms with Gasteiger partial charge in [-0.3, -0.25) is 0 Å². The van der Waals surface area contributed by atoms with E-state index in [1.54, 1.807) is 0 Å². The molecule has 0 N–H and O–H groups in total. The average Bonchev–Trinajstić information content (AvgIpc) is 2.30. The lowest BCUT2D eigenvalue weighted by atomic mass is 10.0. The van der Waals surface area contributed by atoms with Crippen molar-refractivity contribution in [3.8, 4) is 0 Å². The Balaban J connectivity index is 2.30. The van der Waals surface area contributed by atoms with Crippen LogP contribution in [0.1, 0.15) is 24.2 Å². The first-order valence-electron chi connectivity index (χ1n) is 4.55. The fourth-order valence-electron chi connectivity index (χ4n) is 1.36. The summed E-state index contributed by atoms with van der Waals surface area (Å²) < 4.78 is 0. The number of aromatic nitrogens is 3. The first-order valence-corrected chi connectivity index (χ1v) is 4.55. The molecule has 2 aromatic rings. The first kappa shape index (κ1) is 8.81. The highest BCUT2D eigenvalue weighted by molar-refractivity contribution is 5.23. The maximum Gasteiger partial charge on any atom is 0.139 e. The minimum atomic E-state index is 0.221. The van der Waals surface area contributed by atoms with Crippen molar-refractivity contribution in [2.75, 3.05) is 0 Å². The standard InChI is InChI=1S/C11H11N3/c1-9(10-5-3-2-4-6-10)11-13-7-12-8-14-11/h2-9H,1H3/t9-/m0/s1. The lowest BCUT2D eigenvalue weighted by Crippen LogP contribution is -2.01. The van der Waals surface area contributed by atoms with Crippen LogP contribution in [0.15, 0.2) is 43.0 Å². The highest BCUT2D eigenvalue weighted by Crippen LogP contribution is 2.19. The van der Waals surface area contributed by atoms with Gasteiger partial charge < -0.3 is 0 Å². The van der Waals surface area contributed by atoms with E-state index in [-0.39, 0.29) is 5.92 Å². The van der Waals surface area contributed by atoms with Crippen molar-refractivity contribution in [2.24, 2.45) is 0 Å². The summed E-state index contributed by atoms with van der Waals surface area (Å²) in [5, 5.41) is 0. The van der Waals surface area contributed by atoms with Crippen molar-refractivity contribution in [1.29, 1.82) is 0 Å². The molecular formula is C11H11N3. The predicted molar refractivity (Wildman–Crippen MR) is 53.8 cm³/mol. The molecule has 1 atom stereocenters. The molecule has 2 rings (SSSR count). The van der Waals surface area contributed by atoms with Crippen LogP contribution in [0.4, 0.5) is 0 Å². The van der Waals surface area contributed by atoms with E-state index in [9.17, 15) is 0 Å². The molecule has 0 saturated heterocycles. The van der Waals surface area contributed by atoms with Crippen LogP contribution >= 0.6 is 0 Å². The van der Waals surface area contributed by atoms with E-state index < -0.39 is 0 Å². The van der Waals surface area contributed by atoms with Gasteiger partial charge in [0.1, 0.15) is 18.5 Å². The molecule has 70 valence electrons. The van der Waals surface area contributed by atoms with Crippen LogP contribution in [0.5, 0.6) is 0 Å². The van der Waals surface area contributed by atoms with Crippen molar-refractivity contribution >= 4 is 0 Å². The van der Waals surface area contributed by atoms with Crippen molar-refractivity contribution in [3.05, 3.63) is 54.4 Å². The summed E-state index contributed by atoms with van der Waals surface area (Å²) in [4.78, 5) is 12.1. The Morgan fingerprint density at radius 1 is 1.00 bits per heavy atom. The van der Waals surface area contributed by atoms with Crippen molar-refractivity contribution in [1.82, 2.24) is 15.0 Å². The Hall–Kier alpha value is -1.77. The van der Waals surface area contributed by atoms with Gasteiger partial charge in [-0.15, -0.1) is 0 Å². The first-order chi connectivity index (χ1) is 6.88. The van der Waals surface area contributed by atoms with Gasteiger partial charge in [-0.1, -0.05) is 37.3 Å². The fourth-order valence-corrected chi connectivity index (χ4v) is 1.36. The molecule has 0 fully saturated rings. The van der Waals surface area contributed by atoms with Gasteiger partial charge in [0, 0.05) is 5.92 Å². The van der Waals surface area contributed by atoms with E-state index in [2.05, 4.69) is 34.0 Å². The molecule has 14 heavy (non-hydrogen) atoms. The summed E-state index contributed by atoms with van der Waals surface area (Å²) in [5.41, 5.74) is 1.22. The second-order valence-corrected chi connectivity index (χ2v) is 3.13. The SMILES string of the molecule is C[C@@H](c1ccccc1)c1ncncn1. The number of rotatable bonds is 2. The van der Waals surface area contributed by atoms with Crippen molar-refractivity contribution < 1.29 is 0 Å². The molecular weight excluding hydrogens is 174 g/mol. The molecule has 0 spiro atoms. The summed E-state index contributed by atoms with van der Waals surface area (Å²) in [7, 11) is 0. The summed E-state index contributed by atoms with van der Waals surface area (Å²) in [5.74, 6) is 1.03. The summed E-state index contributed by atoms with van der Waals surface area (Å²) >= 11 is 0. The van der Waals surface area contributed by atoms with Crippen LogP contribution < -0.4 is 0 Å². The number of hydrogen-bond acceptors (Lipinski definition) is 3. The van der Waals surface area contributed by atoms with Gasteiger partial charge in [-0.25, -0.2) is 15.0 Å². The Labute approximate surface area is 82.9 Å². The zero-order valence-corrected chi connectivity index (χ0v) is 7.96. The van der Waals surface area contributed by atoms with Crippen molar-refractivity contribution in [2.45, 2.75) is 12.8 Å². The molecule has 0 aliphatic rings. The molecule has 0 aliphatic heterocycles. The Morgan fingerprint density at radius 2 is 1.64 bits per heavy atom. The van der Waals surface area contributed by atoms with E-state index >= 15 is 0 Å². The quantitative estimate of drug-likeness (QED) is 0.718. The fraction of sp³-hybridized carbons (Fsp3) is 0.182. The largest absolute Gasteiger partial charge is 0.225 e. The summed E-state index contributed by atoms with van der Waals surface area (Å²) in [6.07, 6.45) is 3.06. The number of nitrogens with zero attached hydrogens (tertiary/aromatic N) is 3. The molecule has 1 aromatic heterocycles. The zero-order chi connectivity index (χ0) is 9.80. The molecule has 0 aliphatic carbocycles. The summed E-state index contributed by atoms with van der Waals surface area (Å²) in [6.45, 7) is 2.09. The van der Waals surface area contributed by atoms with Crippen LogP contribution in [0.25, 0.3) is 0 Å². The van der Waals surface area contributed by atoms with Gasteiger partial charge in [-0.05, 0) is 5.56 Å². The molecule has 3 heteroatoms. The smallest absolute Gasteiger partial charge is 0.139 e. The van der Waals surface area contributed by atoms with Crippen LogP contribution in [-0.2, 0) is 0 Å². The second kappa shape index (κ2) is 3.96. The predicted octanol–water partition coefficient (Wildman–Crippen LogP) is 2.02. The third-order valence-corrected chi connectivity index (χ3v) is 2.20. The maximum atomic E-state index is 4.13. The Kier molecular flexibility index (Phi) is 2.49. The van der Waals surface area contributed by atoms with E-state index in [0.717, 1.165) is 5.82 Å². The lowest BCUT2D eigenvalue weighted by Gasteiger charge is -2.08. The van der Waals surface area contributed by atoms with Gasteiger partial charge in [0.25, 0.3) is 0 Å². The lowest BCUT2D eigenvalue weighted by molar-refractivity contribution is 0.796. The molecule has 1 heterocycles. The molecule has 0 amide bonds. The molecule has 0 saturated carbocycles. The second-order valence-electron chi connectivity index (χ2n) is 3.13. The third kappa shape index (κ3) is 1.76. The van der Waals surface area contributed by atoms with Crippen molar-refractivity contribution in [3.63, 3.8) is 0 Å². The van der Waals surface area contributed by atoms with Crippen LogP contribution in [0, 0.1) is 0 Å². The normalized spacial score (nSPS) is 12.4. The van der Waals surface area contributed by atoms with Gasteiger partial charge >= 0.3 is 0 Å². The Bertz CT molecular complexity index is 346. The molecule has 0 bridgehead atoms. The van der Waals surface area contributed by atoms with Gasteiger partial charge in [0.05, 0.1) is 0 Å². The topological polar surface area (TPSA) is 38.7 Å². The van der Waals surface area contributed by atoms with E-state index in [1.165, 1.54) is 18.2 Å². The van der Waals surface area contributed by atoms with E-state index in [4.69, 9.17) is 0 Å². The van der Waals surface area contributed by atoms with Gasteiger partial charge in [0.15, 0.2) is 0 Å². The highest BCUT2D eigenvalue weighted by Gasteiger charge is 2.09. The van der Waals surface area contributed by atoms with E-state index in [1.807, 2.05) is 18.2 Å². The van der Waals surface area contributed by atoms with Gasteiger partial charge in [0.2, 0.25) is 0 Å². The molecule has 3 nitrogen and oxygen atoms in total. The number of hydrogen-bond donors (Lipinski definition) is 0. The molecule has 0 radical (unpaired) electrons.